The van der Waals surface area contributed by atoms with Gasteiger partial charge >= 0.3 is 0 Å². The first-order chi connectivity index (χ1) is 11.5. The molecule has 1 aromatic rings. The predicted molar refractivity (Wildman–Crippen MR) is 95.7 cm³/mol. The molecule has 0 aliphatic carbocycles. The van der Waals surface area contributed by atoms with Crippen LogP contribution in [0.4, 0.5) is 0 Å². The van der Waals surface area contributed by atoms with E-state index < -0.39 is 20.2 Å². The molecule has 0 heterocycles. The Morgan fingerprint density at radius 2 is 1.40 bits per heavy atom. The van der Waals surface area contributed by atoms with E-state index in [0.29, 0.717) is 12.8 Å². The van der Waals surface area contributed by atoms with Crippen LogP contribution < -0.4 is 0 Å². The molecule has 0 bridgehead atoms. The van der Waals surface area contributed by atoms with E-state index >= 15 is 0 Å². The van der Waals surface area contributed by atoms with Gasteiger partial charge in [0.2, 0.25) is 0 Å². The smallest absolute Gasteiger partial charge is 0.264 e. The molecule has 0 aliphatic rings. The first kappa shape index (κ1) is 23.5. The predicted octanol–water partition coefficient (Wildman–Crippen LogP) is 2.24. The molecule has 0 fully saturated rings. The fourth-order valence-electron chi connectivity index (χ4n) is 1.74. The van der Waals surface area contributed by atoms with Crippen LogP contribution in [0.1, 0.15) is 24.8 Å². The monoisotopic (exact) mass is 391 g/mol. The molecule has 0 spiro atoms. The van der Waals surface area contributed by atoms with Crippen LogP contribution in [0.2, 0.25) is 0 Å². The molecule has 0 saturated carbocycles. The van der Waals surface area contributed by atoms with Crippen molar-refractivity contribution in [1.82, 2.24) is 0 Å². The molecular weight excluding hydrogens is 366 g/mol. The van der Waals surface area contributed by atoms with Crippen LogP contribution in [-0.4, -0.2) is 42.6 Å². The van der Waals surface area contributed by atoms with Gasteiger partial charge < -0.3 is 0 Å². The number of hydrogen-bond acceptors (Lipinski definition) is 7. The summed E-state index contributed by atoms with van der Waals surface area (Å²) in [6.07, 6.45) is 2.79. The zero-order chi connectivity index (χ0) is 19.3. The summed E-state index contributed by atoms with van der Waals surface area (Å²) in [7, 11) is -6.98. The average Bonchev–Trinajstić information content (AvgIpc) is 2.46. The fraction of sp³-hybridized carbons (Fsp3) is 0.562. The Morgan fingerprint density at radius 1 is 0.960 bits per heavy atom. The highest BCUT2D eigenvalue weighted by Crippen LogP contribution is 2.14. The Balaban J connectivity index is 0.000000676. The number of nitriles is 1. The van der Waals surface area contributed by atoms with Gasteiger partial charge in [0, 0.05) is 6.42 Å². The van der Waals surface area contributed by atoms with Gasteiger partial charge in [0.15, 0.2) is 0 Å². The van der Waals surface area contributed by atoms with Crippen molar-refractivity contribution >= 4 is 20.2 Å². The molecule has 0 amide bonds. The first-order valence-corrected chi connectivity index (χ1v) is 11.2. The summed E-state index contributed by atoms with van der Waals surface area (Å²) in [6.45, 7) is 2.04. The van der Waals surface area contributed by atoms with Crippen LogP contribution in [0, 0.1) is 24.2 Å². The molecule has 0 saturated heterocycles. The zero-order valence-corrected chi connectivity index (χ0v) is 16.3. The standard InChI is InChI=1S/C9H17NO6S2.C7H8/c1-17(11,12)15-7-4-9(3-6-10)5-8-16-18(2,13)14;1-7-5-3-2-4-6-7/h9H,3-5,7-8H2,1-2H3;2-6H,1H3. The second-order valence-corrected chi connectivity index (χ2v) is 8.80. The highest BCUT2D eigenvalue weighted by atomic mass is 32.2. The van der Waals surface area contributed by atoms with Crippen LogP contribution in [0.25, 0.3) is 0 Å². The molecule has 0 atom stereocenters. The van der Waals surface area contributed by atoms with Gasteiger partial charge in [-0.15, -0.1) is 0 Å². The van der Waals surface area contributed by atoms with Crippen molar-refractivity contribution in [2.45, 2.75) is 26.2 Å². The first-order valence-electron chi connectivity index (χ1n) is 7.61. The minimum Gasteiger partial charge on any atom is -0.270 e. The molecular formula is C16H25NO6S2. The molecule has 25 heavy (non-hydrogen) atoms. The maximum Gasteiger partial charge on any atom is 0.264 e. The highest BCUT2D eigenvalue weighted by molar-refractivity contribution is 7.86. The summed E-state index contributed by atoms with van der Waals surface area (Å²) < 4.78 is 52.0. The molecule has 0 radical (unpaired) electrons. The Labute approximate surface area is 150 Å². The minimum absolute atomic E-state index is 0.0238. The van der Waals surface area contributed by atoms with Gasteiger partial charge in [-0.2, -0.15) is 22.1 Å². The molecule has 142 valence electrons. The second kappa shape index (κ2) is 12.0. The average molecular weight is 392 g/mol. The molecule has 1 rings (SSSR count). The van der Waals surface area contributed by atoms with Crippen LogP contribution in [0.5, 0.6) is 0 Å². The van der Waals surface area contributed by atoms with E-state index in [4.69, 9.17) is 5.26 Å². The molecule has 9 heteroatoms. The third-order valence-electron chi connectivity index (χ3n) is 2.97. The van der Waals surface area contributed by atoms with E-state index in [2.05, 4.69) is 27.4 Å². The third kappa shape index (κ3) is 17.2. The van der Waals surface area contributed by atoms with Crippen LogP contribution in [-0.2, 0) is 28.6 Å². The summed E-state index contributed by atoms with van der Waals surface area (Å²) in [6, 6.07) is 12.2. The van der Waals surface area contributed by atoms with Gasteiger partial charge in [-0.3, -0.25) is 8.37 Å². The van der Waals surface area contributed by atoms with Crippen LogP contribution in [0.3, 0.4) is 0 Å². The lowest BCUT2D eigenvalue weighted by atomic mass is 9.99. The van der Waals surface area contributed by atoms with Crippen LogP contribution >= 0.6 is 0 Å². The summed E-state index contributed by atoms with van der Waals surface area (Å²) in [5.74, 6) is -0.154. The lowest BCUT2D eigenvalue weighted by Gasteiger charge is -2.12. The Bertz CT molecular complexity index is 686. The largest absolute Gasteiger partial charge is 0.270 e. The second-order valence-electron chi connectivity index (χ2n) is 5.51. The minimum atomic E-state index is -3.49. The topological polar surface area (TPSA) is 111 Å². The van der Waals surface area contributed by atoms with Gasteiger partial charge in [-0.25, -0.2) is 0 Å². The Hall–Kier alpha value is -1.47. The van der Waals surface area contributed by atoms with E-state index in [0.717, 1.165) is 12.5 Å². The van der Waals surface area contributed by atoms with Gasteiger partial charge in [0.1, 0.15) is 0 Å². The maximum absolute atomic E-state index is 10.7. The molecule has 1 aromatic carbocycles. The fourth-order valence-corrected chi connectivity index (χ4v) is 2.54. The van der Waals surface area contributed by atoms with E-state index in [-0.39, 0.29) is 25.6 Å². The molecule has 0 N–H and O–H groups in total. The van der Waals surface area contributed by atoms with E-state index in [1.807, 2.05) is 24.3 Å². The van der Waals surface area contributed by atoms with Crippen LogP contribution in [0.15, 0.2) is 30.3 Å². The molecule has 0 aromatic heterocycles. The van der Waals surface area contributed by atoms with E-state index in [1.165, 1.54) is 5.56 Å². The zero-order valence-electron chi connectivity index (χ0n) is 14.7. The number of benzene rings is 1. The van der Waals surface area contributed by atoms with Gasteiger partial charge in [-0.1, -0.05) is 35.9 Å². The number of hydrogen-bond donors (Lipinski definition) is 0. The SMILES string of the molecule is CS(=O)(=O)OCCC(CC#N)CCOS(C)(=O)=O.Cc1ccccc1. The Morgan fingerprint density at radius 3 is 1.68 bits per heavy atom. The lowest BCUT2D eigenvalue weighted by Crippen LogP contribution is -2.12. The summed E-state index contributed by atoms with van der Waals surface area (Å²) in [5.41, 5.74) is 1.32. The van der Waals surface area contributed by atoms with Gasteiger partial charge in [0.05, 0.1) is 31.8 Å². The van der Waals surface area contributed by atoms with Gasteiger partial charge in [0.25, 0.3) is 20.2 Å². The molecule has 0 unspecified atom stereocenters. The van der Waals surface area contributed by atoms with E-state index in [9.17, 15) is 16.8 Å². The van der Waals surface area contributed by atoms with Crippen molar-refractivity contribution in [3.8, 4) is 6.07 Å². The normalized spacial score (nSPS) is 11.5. The lowest BCUT2D eigenvalue weighted by molar-refractivity contribution is 0.246. The van der Waals surface area contributed by atoms with Crippen molar-refractivity contribution in [1.29, 1.82) is 5.26 Å². The highest BCUT2D eigenvalue weighted by Gasteiger charge is 2.12. The maximum atomic E-state index is 10.7. The number of nitrogens with zero attached hydrogens (tertiary/aromatic N) is 1. The molecule has 0 aliphatic heterocycles. The van der Waals surface area contributed by atoms with E-state index in [1.54, 1.807) is 0 Å². The third-order valence-corrected chi connectivity index (χ3v) is 4.16. The van der Waals surface area contributed by atoms with Crippen molar-refractivity contribution in [2.24, 2.45) is 5.92 Å². The van der Waals surface area contributed by atoms with Gasteiger partial charge in [-0.05, 0) is 25.7 Å². The van der Waals surface area contributed by atoms with Crippen molar-refractivity contribution in [2.75, 3.05) is 25.7 Å². The quantitative estimate of drug-likeness (QED) is 0.594. The number of rotatable bonds is 9. The Kier molecular flexibility index (Phi) is 11.3. The summed E-state index contributed by atoms with van der Waals surface area (Å²) in [4.78, 5) is 0. The summed E-state index contributed by atoms with van der Waals surface area (Å²) >= 11 is 0. The van der Waals surface area contributed by atoms with Crippen molar-refractivity contribution < 1.29 is 25.2 Å². The summed E-state index contributed by atoms with van der Waals surface area (Å²) in [5, 5.41) is 8.59. The van der Waals surface area contributed by atoms with Crippen molar-refractivity contribution in [3.63, 3.8) is 0 Å². The van der Waals surface area contributed by atoms with Crippen molar-refractivity contribution in [3.05, 3.63) is 35.9 Å². The number of aryl methyl sites for hydroxylation is 1. The molecule has 7 nitrogen and oxygen atoms in total.